The molecular weight excluding hydrogens is 390 g/mol. The fraction of sp³-hybridized carbons (Fsp3) is 0.292. The third kappa shape index (κ3) is 5.50. The highest BCUT2D eigenvalue weighted by molar-refractivity contribution is 5.67. The lowest BCUT2D eigenvalue weighted by molar-refractivity contribution is 0.0437. The number of H-pyrrole nitrogens is 1. The summed E-state index contributed by atoms with van der Waals surface area (Å²) < 4.78 is 5.55. The van der Waals surface area contributed by atoms with Crippen molar-refractivity contribution in [2.75, 3.05) is 19.6 Å². The fourth-order valence-corrected chi connectivity index (χ4v) is 3.84. The maximum atomic E-state index is 12.7. The van der Waals surface area contributed by atoms with Gasteiger partial charge < -0.3 is 14.6 Å². The van der Waals surface area contributed by atoms with Crippen molar-refractivity contribution in [2.45, 2.75) is 25.6 Å². The van der Waals surface area contributed by atoms with E-state index in [1.165, 1.54) is 0 Å². The largest absolute Gasteiger partial charge is 0.445 e. The van der Waals surface area contributed by atoms with Crippen molar-refractivity contribution < 1.29 is 9.53 Å². The number of rotatable bonds is 6. The average molecular weight is 415 g/mol. The van der Waals surface area contributed by atoms with Crippen LogP contribution in [0.2, 0.25) is 0 Å². The Morgan fingerprint density at radius 2 is 1.94 bits per heavy atom. The van der Waals surface area contributed by atoms with Crippen molar-refractivity contribution in [1.29, 1.82) is 5.26 Å². The molecular formula is C24H25N5O2. The lowest BCUT2D eigenvalue weighted by Crippen LogP contribution is -2.55. The number of carbonyl (C=O) groups is 1. The van der Waals surface area contributed by atoms with Crippen LogP contribution in [0.3, 0.4) is 0 Å². The number of nitrogens with one attached hydrogen (secondary N) is 1. The highest BCUT2D eigenvalue weighted by atomic mass is 16.6. The lowest BCUT2D eigenvalue weighted by atomic mass is 10.0. The van der Waals surface area contributed by atoms with E-state index in [2.05, 4.69) is 20.9 Å². The van der Waals surface area contributed by atoms with Crippen LogP contribution in [-0.2, 0) is 24.3 Å². The Labute approximate surface area is 181 Å². The molecule has 1 N–H and O–H groups in total. The quantitative estimate of drug-likeness (QED) is 0.667. The molecule has 1 aromatic heterocycles. The Bertz CT molecular complexity index is 1010. The van der Waals surface area contributed by atoms with Crippen LogP contribution in [0, 0.1) is 11.3 Å². The number of ether oxygens (including phenoxy) is 1. The van der Waals surface area contributed by atoms with Gasteiger partial charge in [0.15, 0.2) is 0 Å². The number of aromatic nitrogens is 2. The smallest absolute Gasteiger partial charge is 0.410 e. The van der Waals surface area contributed by atoms with Gasteiger partial charge in [-0.1, -0.05) is 42.5 Å². The van der Waals surface area contributed by atoms with Gasteiger partial charge in [-0.2, -0.15) is 5.26 Å². The Morgan fingerprint density at radius 1 is 1.13 bits per heavy atom. The zero-order valence-corrected chi connectivity index (χ0v) is 17.3. The number of benzene rings is 2. The van der Waals surface area contributed by atoms with Crippen molar-refractivity contribution in [3.8, 4) is 6.07 Å². The second-order valence-electron chi connectivity index (χ2n) is 7.70. The van der Waals surface area contributed by atoms with Gasteiger partial charge in [-0.3, -0.25) is 4.90 Å². The van der Waals surface area contributed by atoms with Crippen molar-refractivity contribution in [3.05, 3.63) is 89.5 Å². The molecule has 7 nitrogen and oxygen atoms in total. The summed E-state index contributed by atoms with van der Waals surface area (Å²) in [4.78, 5) is 24.1. The number of nitriles is 1. The zero-order valence-electron chi connectivity index (χ0n) is 17.3. The summed E-state index contributed by atoms with van der Waals surface area (Å²) in [5.74, 6) is 0. The van der Waals surface area contributed by atoms with Crippen molar-refractivity contribution in [2.24, 2.45) is 0 Å². The van der Waals surface area contributed by atoms with Crippen LogP contribution in [0.25, 0.3) is 0 Å². The number of aromatic amines is 1. The van der Waals surface area contributed by atoms with Gasteiger partial charge in [-0.05, 0) is 23.3 Å². The summed E-state index contributed by atoms with van der Waals surface area (Å²) in [5.41, 5.74) is 3.82. The molecule has 1 atom stereocenters. The SMILES string of the molecule is N#Cc1ccc(CN2CCN(C(=O)OCc3ccccc3)CC2Cc2cnc[nH]2)cc1. The average Bonchev–Trinajstić information content (AvgIpc) is 3.33. The van der Waals surface area contributed by atoms with E-state index in [1.54, 1.807) is 11.2 Å². The number of amides is 1. The molecule has 1 aliphatic rings. The first-order valence-electron chi connectivity index (χ1n) is 10.4. The maximum Gasteiger partial charge on any atom is 0.410 e. The highest BCUT2D eigenvalue weighted by Crippen LogP contribution is 2.19. The predicted octanol–water partition coefficient (Wildman–Crippen LogP) is 3.35. The van der Waals surface area contributed by atoms with E-state index in [9.17, 15) is 4.79 Å². The monoisotopic (exact) mass is 415 g/mol. The van der Waals surface area contributed by atoms with E-state index in [0.29, 0.717) is 18.7 Å². The van der Waals surface area contributed by atoms with Crippen LogP contribution < -0.4 is 0 Å². The molecule has 7 heteroatoms. The van der Waals surface area contributed by atoms with Crippen molar-refractivity contribution in [1.82, 2.24) is 19.8 Å². The normalized spacial score (nSPS) is 16.6. The topological polar surface area (TPSA) is 85.2 Å². The molecule has 2 aromatic carbocycles. The molecule has 1 amide bonds. The molecule has 0 radical (unpaired) electrons. The lowest BCUT2D eigenvalue weighted by Gasteiger charge is -2.41. The highest BCUT2D eigenvalue weighted by Gasteiger charge is 2.30. The van der Waals surface area contributed by atoms with Crippen LogP contribution in [0.15, 0.2) is 67.1 Å². The molecule has 158 valence electrons. The third-order valence-corrected chi connectivity index (χ3v) is 5.55. The van der Waals surface area contributed by atoms with Gasteiger partial charge in [0.2, 0.25) is 0 Å². The standard InChI is InChI=1S/C24H25N5O2/c25-13-19-6-8-20(9-7-19)15-28-10-11-29(16-23(28)12-22-14-26-18-27-22)24(30)31-17-21-4-2-1-3-5-21/h1-9,14,18,23H,10-12,15-17H2,(H,26,27). The van der Waals surface area contributed by atoms with Crippen LogP contribution in [0.4, 0.5) is 4.79 Å². The van der Waals surface area contributed by atoms with Crippen LogP contribution in [0.1, 0.15) is 22.4 Å². The van der Waals surface area contributed by atoms with Gasteiger partial charge in [0, 0.05) is 50.5 Å². The van der Waals surface area contributed by atoms with Gasteiger partial charge in [0.1, 0.15) is 6.61 Å². The van der Waals surface area contributed by atoms with Crippen molar-refractivity contribution in [3.63, 3.8) is 0 Å². The molecule has 1 unspecified atom stereocenters. The van der Waals surface area contributed by atoms with E-state index in [4.69, 9.17) is 10.00 Å². The summed E-state index contributed by atoms with van der Waals surface area (Å²) in [5, 5.41) is 9.01. The number of imidazole rings is 1. The molecule has 31 heavy (non-hydrogen) atoms. The zero-order chi connectivity index (χ0) is 21.5. The molecule has 1 aliphatic heterocycles. The molecule has 1 fully saturated rings. The first kappa shape index (κ1) is 20.6. The van der Waals surface area contributed by atoms with E-state index >= 15 is 0 Å². The third-order valence-electron chi connectivity index (χ3n) is 5.55. The van der Waals surface area contributed by atoms with Crippen LogP contribution in [-0.4, -0.2) is 51.5 Å². The molecule has 0 bridgehead atoms. The summed E-state index contributed by atoms with van der Waals surface area (Å²) in [6.07, 6.45) is 3.98. The van der Waals surface area contributed by atoms with E-state index in [-0.39, 0.29) is 18.7 Å². The number of hydrogen-bond donors (Lipinski definition) is 1. The van der Waals surface area contributed by atoms with Gasteiger partial charge in [-0.15, -0.1) is 0 Å². The summed E-state index contributed by atoms with van der Waals surface area (Å²) in [7, 11) is 0. The van der Waals surface area contributed by atoms with Crippen LogP contribution >= 0.6 is 0 Å². The van der Waals surface area contributed by atoms with Crippen LogP contribution in [0.5, 0.6) is 0 Å². The van der Waals surface area contributed by atoms with Gasteiger partial charge >= 0.3 is 6.09 Å². The number of piperazine rings is 1. The molecule has 0 saturated carbocycles. The van der Waals surface area contributed by atoms with E-state index in [0.717, 1.165) is 36.3 Å². The summed E-state index contributed by atoms with van der Waals surface area (Å²) in [6, 6.07) is 19.7. The second-order valence-corrected chi connectivity index (χ2v) is 7.70. The Kier molecular flexibility index (Phi) is 6.60. The minimum absolute atomic E-state index is 0.133. The molecule has 2 heterocycles. The summed E-state index contributed by atoms with van der Waals surface area (Å²) in [6.45, 7) is 2.99. The predicted molar refractivity (Wildman–Crippen MR) is 116 cm³/mol. The molecule has 0 aliphatic carbocycles. The Balaban J connectivity index is 1.41. The van der Waals surface area contributed by atoms with Gasteiger partial charge in [0.25, 0.3) is 0 Å². The minimum Gasteiger partial charge on any atom is -0.445 e. The number of carbonyl (C=O) groups excluding carboxylic acids is 1. The van der Waals surface area contributed by atoms with E-state index < -0.39 is 0 Å². The van der Waals surface area contributed by atoms with Crippen molar-refractivity contribution >= 4 is 6.09 Å². The molecule has 4 rings (SSSR count). The van der Waals surface area contributed by atoms with E-state index in [1.807, 2.05) is 60.8 Å². The molecule has 0 spiro atoms. The Morgan fingerprint density at radius 3 is 2.65 bits per heavy atom. The minimum atomic E-state index is -0.281. The van der Waals surface area contributed by atoms with Gasteiger partial charge in [0.05, 0.1) is 18.0 Å². The second kappa shape index (κ2) is 9.92. The fourth-order valence-electron chi connectivity index (χ4n) is 3.84. The number of nitrogens with zero attached hydrogens (tertiary/aromatic N) is 4. The Hall–Kier alpha value is -3.63. The molecule has 3 aromatic rings. The first-order chi connectivity index (χ1) is 15.2. The maximum absolute atomic E-state index is 12.7. The van der Waals surface area contributed by atoms with Gasteiger partial charge in [-0.25, -0.2) is 9.78 Å². The molecule has 1 saturated heterocycles. The summed E-state index contributed by atoms with van der Waals surface area (Å²) >= 11 is 0. The first-order valence-corrected chi connectivity index (χ1v) is 10.4. The number of hydrogen-bond acceptors (Lipinski definition) is 5.